The van der Waals surface area contributed by atoms with E-state index in [-0.39, 0.29) is 11.9 Å². The summed E-state index contributed by atoms with van der Waals surface area (Å²) in [4.78, 5) is 0. The summed E-state index contributed by atoms with van der Waals surface area (Å²) in [6.45, 7) is 2.57. The summed E-state index contributed by atoms with van der Waals surface area (Å²) in [5, 5.41) is 3.20. The second-order valence-electron chi connectivity index (χ2n) is 4.75. The zero-order valence-corrected chi connectivity index (χ0v) is 13.1. The maximum Gasteiger partial charge on any atom is 0.126 e. The number of benzene rings is 2. The van der Waals surface area contributed by atoms with Gasteiger partial charge in [0.15, 0.2) is 0 Å². The van der Waals surface area contributed by atoms with Gasteiger partial charge in [0.25, 0.3) is 0 Å². The summed E-state index contributed by atoms with van der Waals surface area (Å²) in [7, 11) is 0. The summed E-state index contributed by atoms with van der Waals surface area (Å²) in [5.41, 5.74) is 1.40. The van der Waals surface area contributed by atoms with Crippen LogP contribution in [-0.4, -0.2) is 6.54 Å². The molecule has 0 spiro atoms. The third-order valence-corrected chi connectivity index (χ3v) is 3.92. The summed E-state index contributed by atoms with van der Waals surface area (Å²) in [6, 6.07) is 7.64. The highest BCUT2D eigenvalue weighted by Gasteiger charge is 2.15. The van der Waals surface area contributed by atoms with E-state index in [0.29, 0.717) is 23.0 Å². The molecule has 0 aliphatic rings. The summed E-state index contributed by atoms with van der Waals surface area (Å²) in [6.07, 6.45) is 0.498. The van der Waals surface area contributed by atoms with Gasteiger partial charge in [-0.3, -0.25) is 0 Å². The van der Waals surface area contributed by atoms with Crippen LogP contribution in [-0.2, 0) is 6.42 Å². The molecule has 1 nitrogen and oxygen atoms in total. The molecular weight excluding hydrogens is 343 g/mol. The van der Waals surface area contributed by atoms with Crippen molar-refractivity contribution in [2.24, 2.45) is 0 Å². The van der Waals surface area contributed by atoms with Gasteiger partial charge in [0, 0.05) is 16.6 Å². The molecular formula is C16H15BrF3N. The number of hydrogen-bond donors (Lipinski definition) is 1. The smallest absolute Gasteiger partial charge is 0.126 e. The van der Waals surface area contributed by atoms with E-state index in [0.717, 1.165) is 11.6 Å². The van der Waals surface area contributed by atoms with Crippen molar-refractivity contribution in [1.82, 2.24) is 5.32 Å². The van der Waals surface area contributed by atoms with Crippen molar-refractivity contribution in [3.8, 4) is 0 Å². The minimum atomic E-state index is -0.605. The minimum Gasteiger partial charge on any atom is -0.310 e. The van der Waals surface area contributed by atoms with E-state index < -0.39 is 11.6 Å². The van der Waals surface area contributed by atoms with E-state index in [1.807, 2.05) is 6.92 Å². The van der Waals surface area contributed by atoms with Crippen LogP contribution in [0, 0.1) is 17.5 Å². The number of likely N-dealkylation sites (N-methyl/N-ethyl adjacent to an activating group) is 1. The molecule has 0 heterocycles. The monoisotopic (exact) mass is 357 g/mol. The second-order valence-corrected chi connectivity index (χ2v) is 5.61. The van der Waals surface area contributed by atoms with Crippen molar-refractivity contribution >= 4 is 15.9 Å². The highest BCUT2D eigenvalue weighted by Crippen LogP contribution is 2.25. The molecule has 0 fully saturated rings. The lowest BCUT2D eigenvalue weighted by molar-refractivity contribution is 0.528. The van der Waals surface area contributed by atoms with Gasteiger partial charge in [-0.1, -0.05) is 28.9 Å². The first-order valence-corrected chi connectivity index (χ1v) is 7.42. The first kappa shape index (κ1) is 16.0. The van der Waals surface area contributed by atoms with Crippen LogP contribution in [0.2, 0.25) is 0 Å². The van der Waals surface area contributed by atoms with Gasteiger partial charge in [-0.25, -0.2) is 13.2 Å². The molecule has 1 atom stereocenters. The van der Waals surface area contributed by atoms with Gasteiger partial charge < -0.3 is 5.32 Å². The predicted octanol–water partition coefficient (Wildman–Crippen LogP) is 4.76. The molecule has 0 aliphatic heterocycles. The number of hydrogen-bond acceptors (Lipinski definition) is 1. The van der Waals surface area contributed by atoms with Crippen LogP contribution >= 0.6 is 15.9 Å². The molecule has 2 aromatic rings. The third kappa shape index (κ3) is 4.32. The van der Waals surface area contributed by atoms with Crippen LogP contribution < -0.4 is 5.32 Å². The van der Waals surface area contributed by atoms with Crippen molar-refractivity contribution < 1.29 is 13.2 Å². The average Bonchev–Trinajstić information content (AvgIpc) is 2.40. The van der Waals surface area contributed by atoms with Crippen LogP contribution in [0.1, 0.15) is 24.1 Å². The molecule has 0 aliphatic carbocycles. The van der Waals surface area contributed by atoms with Gasteiger partial charge in [-0.2, -0.15) is 0 Å². The Hall–Kier alpha value is -1.33. The Morgan fingerprint density at radius 2 is 1.67 bits per heavy atom. The molecule has 21 heavy (non-hydrogen) atoms. The molecule has 0 bridgehead atoms. The van der Waals surface area contributed by atoms with Gasteiger partial charge in [0.05, 0.1) is 0 Å². The molecule has 1 N–H and O–H groups in total. The first-order valence-electron chi connectivity index (χ1n) is 6.63. The summed E-state index contributed by atoms with van der Waals surface area (Å²) < 4.78 is 40.5. The van der Waals surface area contributed by atoms with Crippen molar-refractivity contribution in [1.29, 1.82) is 0 Å². The first-order chi connectivity index (χ1) is 9.99. The Bertz CT molecular complexity index is 611. The van der Waals surface area contributed by atoms with Crippen LogP contribution in [0.25, 0.3) is 0 Å². The Labute approximate surface area is 130 Å². The van der Waals surface area contributed by atoms with E-state index >= 15 is 0 Å². The van der Waals surface area contributed by atoms with Crippen molar-refractivity contribution in [3.05, 3.63) is 69.4 Å². The van der Waals surface area contributed by atoms with Crippen LogP contribution in [0.5, 0.6) is 0 Å². The SMILES string of the molecule is CCNC(Cc1ccc(F)cc1Br)c1cc(F)cc(F)c1. The average molecular weight is 358 g/mol. The lowest BCUT2D eigenvalue weighted by atomic mass is 9.98. The maximum atomic E-state index is 13.4. The van der Waals surface area contributed by atoms with Crippen molar-refractivity contribution in [2.45, 2.75) is 19.4 Å². The Balaban J connectivity index is 2.30. The highest BCUT2D eigenvalue weighted by atomic mass is 79.9. The van der Waals surface area contributed by atoms with Gasteiger partial charge in [0.1, 0.15) is 17.5 Å². The van der Waals surface area contributed by atoms with Crippen LogP contribution in [0.4, 0.5) is 13.2 Å². The zero-order chi connectivity index (χ0) is 15.4. The lowest BCUT2D eigenvalue weighted by Gasteiger charge is -2.19. The fraction of sp³-hybridized carbons (Fsp3) is 0.250. The number of nitrogens with one attached hydrogen (secondary N) is 1. The van der Waals surface area contributed by atoms with E-state index in [4.69, 9.17) is 0 Å². The molecule has 2 aromatic carbocycles. The maximum absolute atomic E-state index is 13.4. The molecule has 0 saturated carbocycles. The normalized spacial score (nSPS) is 12.4. The van der Waals surface area contributed by atoms with Crippen LogP contribution in [0.15, 0.2) is 40.9 Å². The van der Waals surface area contributed by atoms with Crippen molar-refractivity contribution in [2.75, 3.05) is 6.54 Å². The topological polar surface area (TPSA) is 12.0 Å². The summed E-state index contributed by atoms with van der Waals surface area (Å²) in [5.74, 6) is -1.54. The molecule has 1 unspecified atom stereocenters. The quantitative estimate of drug-likeness (QED) is 0.813. The molecule has 0 aromatic heterocycles. The van der Waals surface area contributed by atoms with E-state index in [1.54, 1.807) is 6.07 Å². The van der Waals surface area contributed by atoms with E-state index in [2.05, 4.69) is 21.2 Å². The Morgan fingerprint density at radius 3 is 2.24 bits per heavy atom. The third-order valence-electron chi connectivity index (χ3n) is 3.18. The van der Waals surface area contributed by atoms with E-state index in [9.17, 15) is 13.2 Å². The molecule has 112 valence electrons. The second kappa shape index (κ2) is 7.09. The van der Waals surface area contributed by atoms with Crippen LogP contribution in [0.3, 0.4) is 0 Å². The summed E-state index contributed by atoms with van der Waals surface area (Å²) >= 11 is 3.31. The standard InChI is InChI=1S/C16H15BrF3N/c1-2-21-16(11-5-13(19)8-14(20)6-11)7-10-3-4-12(18)9-15(10)17/h3-6,8-9,16,21H,2,7H2,1H3. The fourth-order valence-electron chi connectivity index (χ4n) is 2.24. The molecule has 0 radical (unpaired) electrons. The number of halogens is 4. The Kier molecular flexibility index (Phi) is 5.42. The number of rotatable bonds is 5. The lowest BCUT2D eigenvalue weighted by Crippen LogP contribution is -2.23. The van der Waals surface area contributed by atoms with E-state index in [1.165, 1.54) is 24.3 Å². The minimum absolute atomic E-state index is 0.248. The molecule has 0 saturated heterocycles. The van der Waals surface area contributed by atoms with Gasteiger partial charge in [0.2, 0.25) is 0 Å². The van der Waals surface area contributed by atoms with Gasteiger partial charge in [-0.05, 0) is 48.4 Å². The Morgan fingerprint density at radius 1 is 1.00 bits per heavy atom. The molecule has 5 heteroatoms. The predicted molar refractivity (Wildman–Crippen MR) is 80.6 cm³/mol. The fourth-order valence-corrected chi connectivity index (χ4v) is 2.75. The largest absolute Gasteiger partial charge is 0.310 e. The van der Waals surface area contributed by atoms with Crippen molar-refractivity contribution in [3.63, 3.8) is 0 Å². The van der Waals surface area contributed by atoms with Gasteiger partial charge in [-0.15, -0.1) is 0 Å². The van der Waals surface area contributed by atoms with Gasteiger partial charge >= 0.3 is 0 Å². The molecule has 0 amide bonds. The molecule has 2 rings (SSSR count). The highest BCUT2D eigenvalue weighted by molar-refractivity contribution is 9.10. The zero-order valence-electron chi connectivity index (χ0n) is 11.5.